The van der Waals surface area contributed by atoms with Crippen LogP contribution in [0, 0.1) is 11.6 Å². The predicted molar refractivity (Wildman–Crippen MR) is 108 cm³/mol. The van der Waals surface area contributed by atoms with Crippen molar-refractivity contribution in [1.82, 2.24) is 13.5 Å². The zero-order valence-corrected chi connectivity index (χ0v) is 18.5. The second-order valence-electron chi connectivity index (χ2n) is 7.06. The lowest BCUT2D eigenvalue weighted by Crippen LogP contribution is -2.50. The summed E-state index contributed by atoms with van der Waals surface area (Å²) >= 11 is 0. The molecule has 0 aliphatic carbocycles. The van der Waals surface area contributed by atoms with E-state index in [0.29, 0.717) is 0 Å². The van der Waals surface area contributed by atoms with Crippen LogP contribution in [0.5, 0.6) is 0 Å². The molecule has 1 fully saturated rings. The Kier molecular flexibility index (Phi) is 6.46. The lowest BCUT2D eigenvalue weighted by molar-refractivity contribution is 0.0697. The molecule has 0 unspecified atom stereocenters. The fraction of sp³-hybridized carbons (Fsp3) is 0.316. The largest absolute Gasteiger partial charge is 0.336 e. The zero-order chi connectivity index (χ0) is 23.0. The van der Waals surface area contributed by atoms with Crippen LogP contribution in [-0.2, 0) is 20.0 Å². The van der Waals surface area contributed by atoms with Crippen molar-refractivity contribution in [3.63, 3.8) is 0 Å². The Bertz CT molecular complexity index is 1170. The molecule has 2 aromatic rings. The maximum Gasteiger partial charge on any atom is 0.253 e. The van der Waals surface area contributed by atoms with Crippen molar-refractivity contribution in [2.24, 2.45) is 0 Å². The van der Waals surface area contributed by atoms with E-state index in [1.54, 1.807) is 0 Å². The van der Waals surface area contributed by atoms with Crippen LogP contribution in [0.3, 0.4) is 0 Å². The lowest BCUT2D eigenvalue weighted by atomic mass is 10.2. The Hall–Kier alpha value is -2.41. The highest BCUT2D eigenvalue weighted by atomic mass is 32.2. The number of piperazine rings is 1. The summed E-state index contributed by atoms with van der Waals surface area (Å²) in [6, 6.07) is 8.24. The van der Waals surface area contributed by atoms with Crippen molar-refractivity contribution >= 4 is 26.0 Å². The van der Waals surface area contributed by atoms with Crippen LogP contribution in [0.1, 0.15) is 10.4 Å². The second-order valence-corrected chi connectivity index (χ2v) is 11.1. The summed E-state index contributed by atoms with van der Waals surface area (Å²) in [6.45, 7) is -0.221. The van der Waals surface area contributed by atoms with Gasteiger partial charge in [0, 0.05) is 45.8 Å². The first-order valence-corrected chi connectivity index (χ1v) is 12.1. The van der Waals surface area contributed by atoms with E-state index in [2.05, 4.69) is 0 Å². The molecule has 1 amide bonds. The van der Waals surface area contributed by atoms with Gasteiger partial charge in [-0.05, 0) is 36.4 Å². The first-order valence-electron chi connectivity index (χ1n) is 9.22. The third-order valence-corrected chi connectivity index (χ3v) is 8.70. The molecule has 168 valence electrons. The maximum atomic E-state index is 13.9. The summed E-state index contributed by atoms with van der Waals surface area (Å²) in [5.74, 6) is -2.75. The molecule has 1 saturated heterocycles. The fourth-order valence-electron chi connectivity index (χ4n) is 3.15. The van der Waals surface area contributed by atoms with E-state index in [9.17, 15) is 30.4 Å². The molecule has 0 radical (unpaired) electrons. The number of hydrogen-bond donors (Lipinski definition) is 0. The van der Waals surface area contributed by atoms with Gasteiger partial charge in [-0.15, -0.1) is 0 Å². The fourth-order valence-corrected chi connectivity index (χ4v) is 5.59. The molecule has 12 heteroatoms. The van der Waals surface area contributed by atoms with Crippen LogP contribution in [0.15, 0.2) is 52.3 Å². The predicted octanol–water partition coefficient (Wildman–Crippen LogP) is 1.36. The highest BCUT2D eigenvalue weighted by molar-refractivity contribution is 7.89. The summed E-state index contributed by atoms with van der Waals surface area (Å²) < 4.78 is 79.4. The molecule has 3 rings (SSSR count). The van der Waals surface area contributed by atoms with Gasteiger partial charge in [0.1, 0.15) is 11.6 Å². The van der Waals surface area contributed by atoms with E-state index in [1.165, 1.54) is 43.3 Å². The molecule has 0 aromatic heterocycles. The third-order valence-electron chi connectivity index (χ3n) is 4.92. The Labute approximate surface area is 179 Å². The minimum absolute atomic E-state index is 0.0197. The topological polar surface area (TPSA) is 95.1 Å². The molecule has 31 heavy (non-hydrogen) atoms. The van der Waals surface area contributed by atoms with Gasteiger partial charge in [-0.2, -0.15) is 4.31 Å². The van der Waals surface area contributed by atoms with Gasteiger partial charge >= 0.3 is 0 Å². The first-order chi connectivity index (χ1) is 14.5. The molecular weight excluding hydrogens is 452 g/mol. The molecule has 2 aromatic carbocycles. The second kappa shape index (κ2) is 8.61. The summed E-state index contributed by atoms with van der Waals surface area (Å²) in [5, 5.41) is 0. The number of sulfonamides is 2. The molecule has 0 spiro atoms. The zero-order valence-electron chi connectivity index (χ0n) is 16.8. The molecule has 0 bridgehead atoms. The van der Waals surface area contributed by atoms with Crippen LogP contribution in [0.2, 0.25) is 0 Å². The van der Waals surface area contributed by atoms with Gasteiger partial charge in [0.15, 0.2) is 4.90 Å². The van der Waals surface area contributed by atoms with Gasteiger partial charge in [0.05, 0.1) is 4.90 Å². The number of nitrogens with zero attached hydrogens (tertiary/aromatic N) is 3. The van der Waals surface area contributed by atoms with Crippen molar-refractivity contribution in [2.75, 3.05) is 40.3 Å². The Morgan fingerprint density at radius 3 is 1.87 bits per heavy atom. The summed E-state index contributed by atoms with van der Waals surface area (Å²) in [4.78, 5) is 13.1. The van der Waals surface area contributed by atoms with Crippen molar-refractivity contribution in [2.45, 2.75) is 9.79 Å². The number of benzene rings is 2. The smallest absolute Gasteiger partial charge is 0.253 e. The third kappa shape index (κ3) is 4.47. The van der Waals surface area contributed by atoms with Gasteiger partial charge < -0.3 is 4.90 Å². The number of hydrogen-bond acceptors (Lipinski definition) is 5. The van der Waals surface area contributed by atoms with E-state index < -0.39 is 42.5 Å². The Morgan fingerprint density at radius 2 is 1.39 bits per heavy atom. The van der Waals surface area contributed by atoms with E-state index in [0.717, 1.165) is 26.8 Å². The van der Waals surface area contributed by atoms with Gasteiger partial charge in [-0.3, -0.25) is 4.79 Å². The molecule has 1 aliphatic rings. The number of carbonyl (C=O) groups excluding carboxylic acids is 1. The van der Waals surface area contributed by atoms with E-state index in [1.807, 2.05) is 0 Å². The maximum absolute atomic E-state index is 13.9. The van der Waals surface area contributed by atoms with Gasteiger partial charge in [0.2, 0.25) is 20.0 Å². The van der Waals surface area contributed by atoms with Crippen LogP contribution >= 0.6 is 0 Å². The molecule has 0 atom stereocenters. The average molecular weight is 474 g/mol. The average Bonchev–Trinajstić information content (AvgIpc) is 2.73. The summed E-state index contributed by atoms with van der Waals surface area (Å²) in [7, 11) is -5.22. The molecular formula is C19H21F2N3O5S2. The van der Waals surface area contributed by atoms with E-state index >= 15 is 0 Å². The van der Waals surface area contributed by atoms with E-state index in [-0.39, 0.29) is 36.6 Å². The number of amides is 1. The Morgan fingerprint density at radius 1 is 0.871 bits per heavy atom. The van der Waals surface area contributed by atoms with Crippen molar-refractivity contribution in [3.8, 4) is 0 Å². The van der Waals surface area contributed by atoms with Crippen LogP contribution in [0.25, 0.3) is 0 Å². The van der Waals surface area contributed by atoms with Crippen molar-refractivity contribution < 1.29 is 30.4 Å². The SMILES string of the molecule is CN(C)S(=O)(=O)c1ccc(C(=O)N2CCN(S(=O)(=O)c3c(F)cccc3F)CC2)cc1. The van der Waals surface area contributed by atoms with Crippen LogP contribution in [-0.4, -0.2) is 76.5 Å². The van der Waals surface area contributed by atoms with Gasteiger partial charge in [-0.1, -0.05) is 6.07 Å². The van der Waals surface area contributed by atoms with E-state index in [4.69, 9.17) is 0 Å². The normalized spacial score (nSPS) is 16.0. The minimum atomic E-state index is -4.39. The number of rotatable bonds is 5. The van der Waals surface area contributed by atoms with Gasteiger partial charge in [0.25, 0.3) is 5.91 Å². The summed E-state index contributed by atoms with van der Waals surface area (Å²) in [5.41, 5.74) is 0.245. The van der Waals surface area contributed by atoms with Crippen molar-refractivity contribution in [1.29, 1.82) is 0 Å². The molecule has 0 saturated carbocycles. The monoisotopic (exact) mass is 473 g/mol. The highest BCUT2D eigenvalue weighted by Gasteiger charge is 2.34. The quantitative estimate of drug-likeness (QED) is 0.654. The minimum Gasteiger partial charge on any atom is -0.336 e. The molecule has 8 nitrogen and oxygen atoms in total. The van der Waals surface area contributed by atoms with Crippen LogP contribution in [0.4, 0.5) is 8.78 Å². The highest BCUT2D eigenvalue weighted by Crippen LogP contribution is 2.24. The van der Waals surface area contributed by atoms with Crippen LogP contribution < -0.4 is 0 Å². The summed E-state index contributed by atoms with van der Waals surface area (Å²) in [6.07, 6.45) is 0. The molecule has 0 N–H and O–H groups in total. The number of halogens is 2. The Balaban J connectivity index is 1.72. The lowest BCUT2D eigenvalue weighted by Gasteiger charge is -2.34. The molecule has 1 aliphatic heterocycles. The first kappa shape index (κ1) is 23.3. The standard InChI is InChI=1S/C19H21F2N3O5S2/c1-22(2)30(26,27)15-8-6-14(7-9-15)19(25)23-10-12-24(13-11-23)31(28,29)18-16(20)4-3-5-17(18)21/h3-9H,10-13H2,1-2H3. The molecule has 1 heterocycles. The van der Waals surface area contributed by atoms with Crippen molar-refractivity contribution in [3.05, 3.63) is 59.7 Å². The van der Waals surface area contributed by atoms with Gasteiger partial charge in [-0.25, -0.2) is 29.9 Å². The number of carbonyl (C=O) groups is 1.